The zero-order valence-corrected chi connectivity index (χ0v) is 26.2. The number of fused-ring (bicyclic) bond motifs is 2. The third kappa shape index (κ3) is 4.99. The van der Waals surface area contributed by atoms with Crippen LogP contribution in [0.1, 0.15) is 52.7 Å². The number of benzene rings is 4. The van der Waals surface area contributed by atoms with E-state index in [1.54, 1.807) is 19.9 Å². The highest BCUT2D eigenvalue weighted by Crippen LogP contribution is 2.53. The quantitative estimate of drug-likeness (QED) is 0.0666. The van der Waals surface area contributed by atoms with Crippen LogP contribution in [0, 0.1) is 58.2 Å². The second-order valence-corrected chi connectivity index (χ2v) is 15.5. The maximum Gasteiger partial charge on any atom is 0.261 e. The van der Waals surface area contributed by atoms with Gasteiger partial charge in [0, 0.05) is 32.8 Å². The van der Waals surface area contributed by atoms with Gasteiger partial charge >= 0.3 is 0 Å². The van der Waals surface area contributed by atoms with Gasteiger partial charge in [0.2, 0.25) is 0 Å². The van der Waals surface area contributed by atoms with Gasteiger partial charge in [-0.3, -0.25) is 0 Å². The van der Waals surface area contributed by atoms with Crippen molar-refractivity contribution in [2.75, 3.05) is 0 Å². The monoisotopic (exact) mass is 670 g/mol. The molecule has 1 aliphatic heterocycles. The Morgan fingerprint density at radius 2 is 0.913 bits per heavy atom. The summed E-state index contributed by atoms with van der Waals surface area (Å²) in [5, 5.41) is 0.773. The predicted octanol–water partition coefficient (Wildman–Crippen LogP) is 7.95. The molecule has 5 rings (SSSR count). The summed E-state index contributed by atoms with van der Waals surface area (Å²) in [5.41, 5.74) is -3.99. The van der Waals surface area contributed by atoms with E-state index in [4.69, 9.17) is 4.74 Å². The van der Waals surface area contributed by atoms with Gasteiger partial charge in [-0.25, -0.2) is 43.9 Å². The maximum absolute atomic E-state index is 15.5. The zero-order valence-electron chi connectivity index (χ0n) is 25.3. The van der Waals surface area contributed by atoms with Crippen molar-refractivity contribution >= 4 is 36.3 Å². The first-order chi connectivity index (χ1) is 21.4. The smallest absolute Gasteiger partial charge is 0.261 e. The average Bonchev–Trinajstić information content (AvgIpc) is 3.00. The molecule has 242 valence electrons. The van der Waals surface area contributed by atoms with Crippen LogP contribution in [0.4, 0.5) is 43.9 Å². The summed E-state index contributed by atoms with van der Waals surface area (Å²) in [6.45, 7) is 8.84. The first kappa shape index (κ1) is 33.8. The van der Waals surface area contributed by atoms with Crippen LogP contribution in [-0.4, -0.2) is 18.0 Å². The van der Waals surface area contributed by atoms with E-state index in [-0.39, 0.29) is 22.6 Å². The van der Waals surface area contributed by atoms with Crippen LogP contribution in [0.2, 0.25) is 0 Å². The number of rotatable bonds is 6. The molecule has 0 aromatic heterocycles. The van der Waals surface area contributed by atoms with Crippen molar-refractivity contribution in [3.05, 3.63) is 106 Å². The summed E-state index contributed by atoms with van der Waals surface area (Å²) in [6.07, 6.45) is 0. The van der Waals surface area contributed by atoms with Gasteiger partial charge in [-0.05, 0) is 16.8 Å². The first-order valence-corrected chi connectivity index (χ1v) is 15.7. The van der Waals surface area contributed by atoms with Gasteiger partial charge < -0.3 is 4.74 Å². The van der Waals surface area contributed by atoms with Crippen molar-refractivity contribution in [3.8, 4) is 11.5 Å². The summed E-state index contributed by atoms with van der Waals surface area (Å²) < 4.78 is 155. The van der Waals surface area contributed by atoms with Crippen molar-refractivity contribution in [1.29, 1.82) is 0 Å². The zero-order chi connectivity index (χ0) is 34.2. The molecular formula is C33H26BF10OP. The largest absolute Gasteiger partial charge is 0.457 e. The van der Waals surface area contributed by atoms with Crippen molar-refractivity contribution in [1.82, 2.24) is 0 Å². The number of ether oxygens (including phenoxy) is 1. The van der Waals surface area contributed by atoms with Crippen molar-refractivity contribution in [2.24, 2.45) is 0 Å². The molecule has 1 nitrogen and oxygen atoms in total. The lowest BCUT2D eigenvalue weighted by atomic mass is 9.35. The number of halogens is 10. The Balaban J connectivity index is 1.93. The molecule has 0 bridgehead atoms. The normalized spacial score (nSPS) is 13.7. The molecule has 4 aromatic carbocycles. The lowest BCUT2D eigenvalue weighted by molar-refractivity contribution is 0.382. The minimum atomic E-state index is -2.75. The van der Waals surface area contributed by atoms with Crippen LogP contribution >= 0.6 is 7.92 Å². The Labute approximate surface area is 260 Å². The summed E-state index contributed by atoms with van der Waals surface area (Å²) in [4.78, 5) is 0. The topological polar surface area (TPSA) is 9.23 Å². The Hall–Kier alpha value is -3.53. The molecule has 4 aromatic rings. The Morgan fingerprint density at radius 3 is 1.33 bits per heavy atom. The van der Waals surface area contributed by atoms with Gasteiger partial charge in [0.15, 0.2) is 58.2 Å². The van der Waals surface area contributed by atoms with Gasteiger partial charge in [0.05, 0.1) is 0 Å². The molecule has 1 aliphatic rings. The van der Waals surface area contributed by atoms with E-state index < -0.39 is 94.6 Å². The molecule has 13 heteroatoms. The van der Waals surface area contributed by atoms with Crippen LogP contribution in [0.5, 0.6) is 11.5 Å². The SMILES string of the molecule is CC(C)P(c1cccc2c1Oc1c(B(c3c(F)c(F)c(F)c(F)c3F)c3c(F)c(F)c(F)c(F)c3F)cccc1C2(C)C)C(C)C. The molecule has 0 amide bonds. The highest BCUT2D eigenvalue weighted by atomic mass is 31.1. The van der Waals surface area contributed by atoms with E-state index in [1.165, 1.54) is 12.1 Å². The van der Waals surface area contributed by atoms with Crippen LogP contribution < -0.4 is 26.4 Å². The summed E-state index contributed by atoms with van der Waals surface area (Å²) in [6, 6.07) is 9.27. The molecule has 46 heavy (non-hydrogen) atoms. The van der Waals surface area contributed by atoms with E-state index in [1.807, 2.05) is 39.8 Å². The summed E-state index contributed by atoms with van der Waals surface area (Å²) in [7, 11) is -0.924. The Kier molecular flexibility index (Phi) is 8.77. The lowest BCUT2D eigenvalue weighted by Gasteiger charge is -2.39. The summed E-state index contributed by atoms with van der Waals surface area (Å²) >= 11 is 0. The third-order valence-electron chi connectivity index (χ3n) is 8.36. The molecule has 0 atom stereocenters. The molecule has 0 spiro atoms. The highest BCUT2D eigenvalue weighted by molar-refractivity contribution is 7.67. The van der Waals surface area contributed by atoms with Gasteiger partial charge in [-0.15, -0.1) is 0 Å². The van der Waals surface area contributed by atoms with Crippen LogP contribution in [0.3, 0.4) is 0 Å². The number of hydrogen-bond donors (Lipinski definition) is 0. The second kappa shape index (κ2) is 11.9. The van der Waals surface area contributed by atoms with Crippen molar-refractivity contribution in [2.45, 2.75) is 58.3 Å². The van der Waals surface area contributed by atoms with Gasteiger partial charge in [0.25, 0.3) is 6.71 Å². The summed E-state index contributed by atoms with van der Waals surface area (Å²) in [5.74, 6) is -25.0. The molecule has 0 saturated heterocycles. The third-order valence-corrected chi connectivity index (χ3v) is 11.5. The molecular weight excluding hydrogens is 644 g/mol. The lowest BCUT2D eigenvalue weighted by Crippen LogP contribution is -2.58. The highest BCUT2D eigenvalue weighted by Gasteiger charge is 2.45. The molecule has 1 heterocycles. The minimum absolute atomic E-state index is 0.138. The Morgan fingerprint density at radius 1 is 0.543 bits per heavy atom. The van der Waals surface area contributed by atoms with Crippen LogP contribution in [0.15, 0.2) is 36.4 Å². The maximum atomic E-state index is 15.5. The fourth-order valence-corrected chi connectivity index (χ4v) is 9.29. The van der Waals surface area contributed by atoms with Gasteiger partial charge in [0.1, 0.15) is 11.5 Å². The Bertz CT molecular complexity index is 1760. The molecule has 0 saturated carbocycles. The van der Waals surface area contributed by atoms with Crippen LogP contribution in [-0.2, 0) is 5.41 Å². The van der Waals surface area contributed by atoms with E-state index in [2.05, 4.69) is 0 Å². The molecule has 0 unspecified atom stereocenters. The minimum Gasteiger partial charge on any atom is -0.457 e. The predicted molar refractivity (Wildman–Crippen MR) is 159 cm³/mol. The van der Waals surface area contributed by atoms with E-state index in [9.17, 15) is 26.3 Å². The van der Waals surface area contributed by atoms with E-state index in [0.717, 1.165) is 11.4 Å². The first-order valence-electron chi connectivity index (χ1n) is 14.2. The van der Waals surface area contributed by atoms with Crippen LogP contribution in [0.25, 0.3) is 0 Å². The molecule has 0 aliphatic carbocycles. The molecule has 0 radical (unpaired) electrons. The fraction of sp³-hybridized carbons (Fsp3) is 0.273. The van der Waals surface area contributed by atoms with E-state index >= 15 is 17.6 Å². The van der Waals surface area contributed by atoms with Gasteiger partial charge in [-0.2, -0.15) is 0 Å². The van der Waals surface area contributed by atoms with Gasteiger partial charge in [-0.1, -0.05) is 85.9 Å². The second-order valence-electron chi connectivity index (χ2n) is 12.1. The standard InChI is InChI=1S/C33H26BF10OP/c1-13(2)46(14(3)4)18-12-8-10-16-32(18)45-31-15(33(16,5)6)9-7-11-17(31)34(19-21(35)25(39)29(43)26(40)22(19)36)20-23(37)27(41)30(44)28(42)24(20)38/h7-14H,1-6H3. The number of para-hydroxylation sites is 2. The fourth-order valence-electron chi connectivity index (χ4n) is 6.32. The molecule has 0 N–H and O–H groups in total. The average molecular weight is 670 g/mol. The molecule has 0 fully saturated rings. The number of hydrogen-bond acceptors (Lipinski definition) is 1. The van der Waals surface area contributed by atoms with Crippen molar-refractivity contribution < 1.29 is 48.6 Å². The van der Waals surface area contributed by atoms with E-state index in [0.29, 0.717) is 11.3 Å². The van der Waals surface area contributed by atoms with Crippen molar-refractivity contribution in [3.63, 3.8) is 0 Å².